The van der Waals surface area contributed by atoms with Gasteiger partial charge in [-0.2, -0.15) is 0 Å². The summed E-state index contributed by atoms with van der Waals surface area (Å²) in [6.45, 7) is 0.273. The lowest BCUT2D eigenvalue weighted by atomic mass is 9.68. The van der Waals surface area contributed by atoms with E-state index in [0.717, 1.165) is 41.5 Å². The smallest absolute Gasteiger partial charge is 0.408 e. The number of ether oxygens (including phenoxy) is 1. The Hall–Kier alpha value is -3.35. The zero-order valence-corrected chi connectivity index (χ0v) is 19.1. The first-order valence-corrected chi connectivity index (χ1v) is 12.1. The summed E-state index contributed by atoms with van der Waals surface area (Å²) in [6.07, 6.45) is 4.04. The van der Waals surface area contributed by atoms with E-state index >= 15 is 0 Å². The fraction of sp³-hybridized carbons (Fsp3) is 0.444. The molecule has 2 saturated carbocycles. The summed E-state index contributed by atoms with van der Waals surface area (Å²) in [5.41, 5.74) is 2.64. The quantitative estimate of drug-likeness (QED) is 0.572. The third-order valence-corrected chi connectivity index (χ3v) is 7.93. The van der Waals surface area contributed by atoms with Crippen LogP contribution in [0.3, 0.4) is 0 Å². The van der Waals surface area contributed by atoms with Crippen molar-refractivity contribution in [3.63, 3.8) is 0 Å². The number of amides is 2. The largest absolute Gasteiger partial charge is 0.481 e. The zero-order valence-electron chi connectivity index (χ0n) is 19.1. The van der Waals surface area contributed by atoms with Gasteiger partial charge in [0.15, 0.2) is 0 Å². The molecule has 0 atom stereocenters. The predicted octanol–water partition coefficient (Wildman–Crippen LogP) is 4.21. The number of hydrogen-bond donors (Lipinski definition) is 3. The molecule has 7 heteroatoms. The van der Waals surface area contributed by atoms with E-state index < -0.39 is 23.0 Å². The van der Waals surface area contributed by atoms with Crippen molar-refractivity contribution >= 4 is 18.0 Å². The number of benzene rings is 2. The van der Waals surface area contributed by atoms with Gasteiger partial charge in [0.05, 0.1) is 5.41 Å². The van der Waals surface area contributed by atoms with Gasteiger partial charge in [0.1, 0.15) is 12.1 Å². The molecule has 2 amide bonds. The number of aliphatic carboxylic acids is 1. The van der Waals surface area contributed by atoms with E-state index in [4.69, 9.17) is 4.74 Å². The Labute approximate surface area is 198 Å². The fourth-order valence-corrected chi connectivity index (χ4v) is 5.71. The minimum Gasteiger partial charge on any atom is -0.481 e. The first kappa shape index (κ1) is 22.4. The van der Waals surface area contributed by atoms with Gasteiger partial charge < -0.3 is 20.5 Å². The van der Waals surface area contributed by atoms with Gasteiger partial charge in [-0.25, -0.2) is 4.79 Å². The Morgan fingerprint density at radius 3 is 2.00 bits per heavy atom. The van der Waals surface area contributed by atoms with Gasteiger partial charge in [-0.1, -0.05) is 67.8 Å². The molecule has 0 heterocycles. The number of carbonyl (C=O) groups excluding carboxylic acids is 2. The molecule has 0 spiro atoms. The van der Waals surface area contributed by atoms with Gasteiger partial charge in [-0.05, 0) is 47.9 Å². The van der Waals surface area contributed by atoms with Crippen LogP contribution in [0, 0.1) is 5.41 Å². The molecule has 7 nitrogen and oxygen atoms in total. The van der Waals surface area contributed by atoms with Crippen LogP contribution < -0.4 is 10.6 Å². The SMILES string of the molecule is O=C(NC1(C(=O)NCC2(C(=O)O)CCC2)CCCC1)OCC1c2ccccc2-c2ccccc21. The number of fused-ring (bicyclic) bond motifs is 3. The normalized spacial score (nSPS) is 19.4. The van der Waals surface area contributed by atoms with Gasteiger partial charge in [-0.15, -0.1) is 0 Å². The molecule has 0 saturated heterocycles. The minimum atomic E-state index is -1.05. The van der Waals surface area contributed by atoms with E-state index in [9.17, 15) is 19.5 Å². The number of nitrogens with one attached hydrogen (secondary N) is 2. The van der Waals surface area contributed by atoms with Crippen LogP contribution in [0.4, 0.5) is 4.79 Å². The third-order valence-electron chi connectivity index (χ3n) is 7.93. The minimum absolute atomic E-state index is 0.0551. The number of carbonyl (C=O) groups is 3. The lowest BCUT2D eigenvalue weighted by Gasteiger charge is -2.39. The van der Waals surface area contributed by atoms with Crippen LogP contribution in [0.2, 0.25) is 0 Å². The van der Waals surface area contributed by atoms with E-state index in [1.807, 2.05) is 24.3 Å². The monoisotopic (exact) mass is 462 g/mol. The first-order chi connectivity index (χ1) is 16.4. The van der Waals surface area contributed by atoms with Crippen molar-refractivity contribution in [2.24, 2.45) is 5.41 Å². The maximum atomic E-state index is 13.1. The summed E-state index contributed by atoms with van der Waals surface area (Å²) in [5.74, 6) is -1.24. The molecule has 3 N–H and O–H groups in total. The summed E-state index contributed by atoms with van der Waals surface area (Å²) in [4.78, 5) is 37.6. The molecule has 34 heavy (non-hydrogen) atoms. The highest BCUT2D eigenvalue weighted by Crippen LogP contribution is 2.44. The van der Waals surface area contributed by atoms with E-state index in [1.165, 1.54) is 0 Å². The van der Waals surface area contributed by atoms with E-state index in [2.05, 4.69) is 34.9 Å². The lowest BCUT2D eigenvalue weighted by molar-refractivity contribution is -0.154. The highest BCUT2D eigenvalue weighted by molar-refractivity contribution is 5.91. The molecule has 0 aromatic heterocycles. The van der Waals surface area contributed by atoms with Crippen molar-refractivity contribution in [2.75, 3.05) is 13.2 Å². The summed E-state index contributed by atoms with van der Waals surface area (Å²) in [5, 5.41) is 15.2. The molecule has 2 aromatic rings. The second-order valence-corrected chi connectivity index (χ2v) is 9.86. The Kier molecular flexibility index (Phi) is 5.80. The van der Waals surface area contributed by atoms with Crippen molar-refractivity contribution in [1.29, 1.82) is 0 Å². The van der Waals surface area contributed by atoms with Crippen molar-refractivity contribution in [3.05, 3.63) is 59.7 Å². The van der Waals surface area contributed by atoms with E-state index in [0.29, 0.717) is 25.7 Å². The first-order valence-electron chi connectivity index (χ1n) is 12.1. The van der Waals surface area contributed by atoms with Crippen molar-refractivity contribution in [1.82, 2.24) is 10.6 Å². The van der Waals surface area contributed by atoms with Crippen molar-refractivity contribution in [3.8, 4) is 11.1 Å². The van der Waals surface area contributed by atoms with Gasteiger partial charge in [-0.3, -0.25) is 9.59 Å². The van der Waals surface area contributed by atoms with Crippen molar-refractivity contribution < 1.29 is 24.2 Å². The van der Waals surface area contributed by atoms with Crippen molar-refractivity contribution in [2.45, 2.75) is 56.4 Å². The maximum Gasteiger partial charge on any atom is 0.408 e. The number of carboxylic acid groups (broad SMARTS) is 1. The molecule has 3 aliphatic carbocycles. The number of hydrogen-bond acceptors (Lipinski definition) is 4. The molecular weight excluding hydrogens is 432 g/mol. The summed E-state index contributed by atoms with van der Waals surface area (Å²) < 4.78 is 5.67. The Bertz CT molecular complexity index is 1070. The average Bonchev–Trinajstić information content (AvgIpc) is 3.40. The molecule has 5 rings (SSSR count). The van der Waals surface area contributed by atoms with E-state index in [-0.39, 0.29) is 25.0 Å². The maximum absolute atomic E-state index is 13.1. The molecule has 2 aromatic carbocycles. The van der Waals surface area contributed by atoms with Gasteiger partial charge in [0.2, 0.25) is 5.91 Å². The van der Waals surface area contributed by atoms with Gasteiger partial charge in [0, 0.05) is 12.5 Å². The molecular formula is C27H30N2O5. The molecule has 3 aliphatic rings. The molecule has 0 bridgehead atoms. The van der Waals surface area contributed by atoms with Crippen LogP contribution in [0.15, 0.2) is 48.5 Å². The lowest BCUT2D eigenvalue weighted by Crippen LogP contribution is -2.59. The molecule has 2 fully saturated rings. The summed E-state index contributed by atoms with van der Waals surface area (Å²) in [6, 6.07) is 16.3. The predicted molar refractivity (Wildman–Crippen MR) is 126 cm³/mol. The van der Waals surface area contributed by atoms with Crippen LogP contribution in [0.1, 0.15) is 62.0 Å². The molecule has 0 radical (unpaired) electrons. The highest BCUT2D eigenvalue weighted by atomic mass is 16.5. The van der Waals surface area contributed by atoms with Gasteiger partial charge in [0.25, 0.3) is 0 Å². The third kappa shape index (κ3) is 3.83. The molecule has 0 aliphatic heterocycles. The number of rotatable bonds is 7. The van der Waals surface area contributed by atoms with Crippen LogP contribution in [0.5, 0.6) is 0 Å². The summed E-state index contributed by atoms with van der Waals surface area (Å²) >= 11 is 0. The topological polar surface area (TPSA) is 105 Å². The van der Waals surface area contributed by atoms with Crippen LogP contribution >= 0.6 is 0 Å². The van der Waals surface area contributed by atoms with E-state index in [1.54, 1.807) is 0 Å². The zero-order chi connectivity index (χ0) is 23.8. The van der Waals surface area contributed by atoms with Crippen LogP contribution in [-0.4, -0.2) is 41.8 Å². The highest BCUT2D eigenvalue weighted by Gasteiger charge is 2.47. The number of carboxylic acids is 1. The average molecular weight is 463 g/mol. The van der Waals surface area contributed by atoms with Gasteiger partial charge >= 0.3 is 12.1 Å². The van der Waals surface area contributed by atoms with Crippen LogP contribution in [0.25, 0.3) is 11.1 Å². The van der Waals surface area contributed by atoms with Crippen LogP contribution in [-0.2, 0) is 14.3 Å². The fourth-order valence-electron chi connectivity index (χ4n) is 5.71. The Morgan fingerprint density at radius 1 is 0.882 bits per heavy atom. The standard InChI is InChI=1S/C27H30N2O5/c30-23(28-17-26(24(31)32)12-7-13-26)27(14-5-6-15-27)29-25(33)34-16-22-20-10-3-1-8-18(20)19-9-2-4-11-21(19)22/h1-4,8-11,22H,5-7,12-17H2,(H,28,30)(H,29,33)(H,31,32). The second-order valence-electron chi connectivity index (χ2n) is 9.86. The number of alkyl carbamates (subject to hydrolysis) is 1. The Morgan fingerprint density at radius 2 is 1.47 bits per heavy atom. The molecule has 178 valence electrons. The second kappa shape index (κ2) is 8.78. The summed E-state index contributed by atoms with van der Waals surface area (Å²) in [7, 11) is 0. The molecule has 0 unspecified atom stereocenters. The Balaban J connectivity index is 1.24.